The van der Waals surface area contributed by atoms with Crippen LogP contribution < -0.4 is 4.74 Å². The summed E-state index contributed by atoms with van der Waals surface area (Å²) in [4.78, 5) is 3.12. The van der Waals surface area contributed by atoms with Gasteiger partial charge >= 0.3 is 0 Å². The van der Waals surface area contributed by atoms with Crippen LogP contribution in [0.5, 0.6) is 5.75 Å². The van der Waals surface area contributed by atoms with Crippen LogP contribution in [0.1, 0.15) is 11.5 Å². The maximum absolute atomic E-state index is 5.70. The third-order valence-electron chi connectivity index (χ3n) is 3.19. The molecule has 0 spiro atoms. The smallest absolute Gasteiger partial charge is 0.257 e. The highest BCUT2D eigenvalue weighted by atomic mass is 32.1. The molecule has 0 unspecified atom stereocenters. The van der Waals surface area contributed by atoms with Crippen molar-refractivity contribution in [2.75, 3.05) is 14.2 Å². The lowest BCUT2D eigenvalue weighted by atomic mass is 10.2. The lowest BCUT2D eigenvalue weighted by Crippen LogP contribution is -2.17. The van der Waals surface area contributed by atoms with Crippen LogP contribution in [0.25, 0.3) is 10.8 Å². The van der Waals surface area contributed by atoms with E-state index in [2.05, 4.69) is 21.2 Å². The zero-order valence-electron chi connectivity index (χ0n) is 12.5. The first-order valence-electron chi connectivity index (χ1n) is 6.92. The summed E-state index contributed by atoms with van der Waals surface area (Å²) in [7, 11) is 3.70. The van der Waals surface area contributed by atoms with E-state index >= 15 is 0 Å². The third kappa shape index (κ3) is 3.52. The van der Waals surface area contributed by atoms with E-state index in [-0.39, 0.29) is 0 Å². The van der Waals surface area contributed by atoms with Crippen molar-refractivity contribution in [3.63, 3.8) is 0 Å². The second kappa shape index (κ2) is 6.72. The number of rotatable bonds is 6. The van der Waals surface area contributed by atoms with Crippen molar-refractivity contribution in [1.29, 1.82) is 0 Å². The normalized spacial score (nSPS) is 11.0. The summed E-state index contributed by atoms with van der Waals surface area (Å²) in [6.07, 6.45) is 0. The Labute approximate surface area is 133 Å². The van der Waals surface area contributed by atoms with E-state index in [9.17, 15) is 0 Å². The standard InChI is InChI=1S/C16H17N3O2S/c1-19(10-12-5-3-6-13(9-12)20-2)11-15-17-18-16(21-15)14-7-4-8-22-14/h3-9H,10-11H2,1-2H3. The first-order chi connectivity index (χ1) is 10.7. The summed E-state index contributed by atoms with van der Waals surface area (Å²) in [6.45, 7) is 1.39. The van der Waals surface area contributed by atoms with Gasteiger partial charge in [0.15, 0.2) is 0 Å². The third-order valence-corrected chi connectivity index (χ3v) is 4.05. The quantitative estimate of drug-likeness (QED) is 0.697. The van der Waals surface area contributed by atoms with Crippen LogP contribution in [-0.2, 0) is 13.1 Å². The zero-order chi connectivity index (χ0) is 15.4. The predicted octanol–water partition coefficient (Wildman–Crippen LogP) is 3.44. The van der Waals surface area contributed by atoms with Gasteiger partial charge in [0.2, 0.25) is 5.89 Å². The molecule has 22 heavy (non-hydrogen) atoms. The molecule has 0 aliphatic rings. The molecule has 2 heterocycles. The van der Waals surface area contributed by atoms with Gasteiger partial charge in [0, 0.05) is 6.54 Å². The molecule has 0 saturated heterocycles. The van der Waals surface area contributed by atoms with Gasteiger partial charge in [-0.1, -0.05) is 18.2 Å². The molecule has 6 heteroatoms. The lowest BCUT2D eigenvalue weighted by molar-refractivity contribution is 0.282. The van der Waals surface area contributed by atoms with Gasteiger partial charge in [0.25, 0.3) is 5.89 Å². The highest BCUT2D eigenvalue weighted by molar-refractivity contribution is 7.13. The molecule has 0 amide bonds. The van der Waals surface area contributed by atoms with Crippen molar-refractivity contribution in [2.24, 2.45) is 0 Å². The maximum atomic E-state index is 5.70. The molecule has 0 atom stereocenters. The molecule has 0 radical (unpaired) electrons. The van der Waals surface area contributed by atoms with Crippen molar-refractivity contribution >= 4 is 11.3 Å². The summed E-state index contributed by atoms with van der Waals surface area (Å²) >= 11 is 1.59. The van der Waals surface area contributed by atoms with Crippen LogP contribution in [-0.4, -0.2) is 29.3 Å². The van der Waals surface area contributed by atoms with Crippen molar-refractivity contribution in [3.8, 4) is 16.5 Å². The molecule has 114 valence electrons. The molecule has 0 fully saturated rings. The van der Waals surface area contributed by atoms with Crippen LogP contribution in [0.2, 0.25) is 0 Å². The Morgan fingerprint density at radius 2 is 2.09 bits per heavy atom. The van der Waals surface area contributed by atoms with Gasteiger partial charge in [-0.15, -0.1) is 21.5 Å². The summed E-state index contributed by atoms with van der Waals surface area (Å²) in [5, 5.41) is 10.2. The van der Waals surface area contributed by atoms with Gasteiger partial charge in [-0.25, -0.2) is 0 Å². The lowest BCUT2D eigenvalue weighted by Gasteiger charge is -2.14. The number of thiophene rings is 1. The van der Waals surface area contributed by atoms with Crippen molar-refractivity contribution in [1.82, 2.24) is 15.1 Å². The van der Waals surface area contributed by atoms with Gasteiger partial charge in [-0.05, 0) is 36.2 Å². The number of benzene rings is 1. The van der Waals surface area contributed by atoms with E-state index in [0.717, 1.165) is 17.2 Å². The Bertz CT molecular complexity index is 725. The number of methoxy groups -OCH3 is 1. The van der Waals surface area contributed by atoms with Crippen LogP contribution in [0.3, 0.4) is 0 Å². The van der Waals surface area contributed by atoms with Crippen molar-refractivity contribution in [3.05, 3.63) is 53.2 Å². The highest BCUT2D eigenvalue weighted by Crippen LogP contribution is 2.23. The average Bonchev–Trinajstić information content (AvgIpc) is 3.18. The van der Waals surface area contributed by atoms with Crippen LogP contribution in [0.4, 0.5) is 0 Å². The van der Waals surface area contributed by atoms with Crippen molar-refractivity contribution < 1.29 is 9.15 Å². The van der Waals surface area contributed by atoms with Gasteiger partial charge in [0.05, 0.1) is 18.5 Å². The minimum atomic E-state index is 0.583. The molecule has 0 bridgehead atoms. The molecule has 0 aliphatic heterocycles. The Morgan fingerprint density at radius 1 is 1.18 bits per heavy atom. The van der Waals surface area contributed by atoms with Crippen LogP contribution in [0, 0.1) is 0 Å². The van der Waals surface area contributed by atoms with Gasteiger partial charge in [0.1, 0.15) is 5.75 Å². The molecule has 3 rings (SSSR count). The van der Waals surface area contributed by atoms with E-state index in [1.165, 1.54) is 5.56 Å². The summed E-state index contributed by atoms with van der Waals surface area (Å²) < 4.78 is 10.9. The number of nitrogens with zero attached hydrogens (tertiary/aromatic N) is 3. The van der Waals surface area contributed by atoms with E-state index < -0.39 is 0 Å². The largest absolute Gasteiger partial charge is 0.497 e. The molecule has 3 aromatic rings. The summed E-state index contributed by atoms with van der Waals surface area (Å²) in [6, 6.07) is 12.0. The van der Waals surface area contributed by atoms with E-state index in [1.54, 1.807) is 18.4 Å². The fraction of sp³-hybridized carbons (Fsp3) is 0.250. The molecule has 5 nitrogen and oxygen atoms in total. The summed E-state index contributed by atoms with van der Waals surface area (Å²) in [5.74, 6) is 2.07. The van der Waals surface area contributed by atoms with Crippen LogP contribution in [0.15, 0.2) is 46.2 Å². The Balaban J connectivity index is 1.63. The highest BCUT2D eigenvalue weighted by Gasteiger charge is 2.11. The number of hydrogen-bond acceptors (Lipinski definition) is 6. The van der Waals surface area contributed by atoms with Crippen molar-refractivity contribution in [2.45, 2.75) is 13.1 Å². The molecular weight excluding hydrogens is 298 g/mol. The Morgan fingerprint density at radius 3 is 2.86 bits per heavy atom. The topological polar surface area (TPSA) is 51.4 Å². The van der Waals surface area contributed by atoms with Gasteiger partial charge in [-0.3, -0.25) is 4.90 Å². The fourth-order valence-electron chi connectivity index (χ4n) is 2.19. The van der Waals surface area contributed by atoms with Crippen LogP contribution >= 0.6 is 11.3 Å². The predicted molar refractivity (Wildman–Crippen MR) is 85.8 cm³/mol. The summed E-state index contributed by atoms with van der Waals surface area (Å²) in [5.41, 5.74) is 1.18. The fourth-order valence-corrected chi connectivity index (χ4v) is 2.83. The maximum Gasteiger partial charge on any atom is 0.257 e. The number of ether oxygens (including phenoxy) is 1. The molecular formula is C16H17N3O2S. The Hall–Kier alpha value is -2.18. The monoisotopic (exact) mass is 315 g/mol. The molecule has 0 N–H and O–H groups in total. The van der Waals surface area contributed by atoms with E-state index in [4.69, 9.17) is 9.15 Å². The average molecular weight is 315 g/mol. The second-order valence-electron chi connectivity index (χ2n) is 5.00. The minimum Gasteiger partial charge on any atom is -0.497 e. The number of aromatic nitrogens is 2. The van der Waals surface area contributed by atoms with E-state index in [0.29, 0.717) is 18.3 Å². The Kier molecular flexibility index (Phi) is 4.50. The SMILES string of the molecule is COc1cccc(CN(C)Cc2nnc(-c3cccs3)o2)c1. The van der Waals surface area contributed by atoms with Gasteiger partial charge < -0.3 is 9.15 Å². The minimum absolute atomic E-state index is 0.583. The first kappa shape index (κ1) is 14.7. The van der Waals surface area contributed by atoms with E-state index in [1.807, 2.05) is 42.8 Å². The number of hydrogen-bond donors (Lipinski definition) is 0. The zero-order valence-corrected chi connectivity index (χ0v) is 13.3. The molecule has 0 aliphatic carbocycles. The molecule has 2 aromatic heterocycles. The second-order valence-corrected chi connectivity index (χ2v) is 5.95. The molecule has 0 saturated carbocycles. The molecule has 1 aromatic carbocycles. The first-order valence-corrected chi connectivity index (χ1v) is 7.80. The van der Waals surface area contributed by atoms with Gasteiger partial charge in [-0.2, -0.15) is 0 Å².